The summed E-state index contributed by atoms with van der Waals surface area (Å²) in [5.41, 5.74) is 0.515. The second-order valence-corrected chi connectivity index (χ2v) is 6.01. The topological polar surface area (TPSA) is 70.5 Å². The molecule has 1 aromatic rings. The summed E-state index contributed by atoms with van der Waals surface area (Å²) in [6.07, 6.45) is 2.78. The van der Waals surface area contributed by atoms with Gasteiger partial charge in [0.05, 0.1) is 5.01 Å². The molecular formula is C13H18N2O3S. The van der Waals surface area contributed by atoms with Crippen LogP contribution in [0.15, 0.2) is 5.38 Å². The molecule has 5 nitrogen and oxygen atoms in total. The molecule has 104 valence electrons. The Labute approximate surface area is 116 Å². The Hall–Kier alpha value is -1.43. The van der Waals surface area contributed by atoms with Crippen molar-refractivity contribution in [3.05, 3.63) is 16.1 Å². The summed E-state index contributed by atoms with van der Waals surface area (Å²) in [5.74, 6) is -0.489. The van der Waals surface area contributed by atoms with Crippen molar-refractivity contribution in [1.82, 2.24) is 9.88 Å². The van der Waals surface area contributed by atoms with Crippen LogP contribution in [0.5, 0.6) is 0 Å². The van der Waals surface area contributed by atoms with Gasteiger partial charge in [-0.25, -0.2) is 4.98 Å². The van der Waals surface area contributed by atoms with Crippen molar-refractivity contribution < 1.29 is 14.7 Å². The van der Waals surface area contributed by atoms with Crippen LogP contribution in [0.3, 0.4) is 0 Å². The number of carboxylic acid groups (broad SMARTS) is 1. The Bertz CT molecular complexity index is 472. The third-order valence-electron chi connectivity index (χ3n) is 3.41. The number of piperidine rings is 1. The van der Waals surface area contributed by atoms with E-state index in [1.165, 1.54) is 11.3 Å². The van der Waals surface area contributed by atoms with E-state index in [4.69, 9.17) is 5.11 Å². The monoisotopic (exact) mass is 282 g/mol. The smallest absolute Gasteiger partial charge is 0.303 e. The highest BCUT2D eigenvalue weighted by molar-refractivity contribution is 7.09. The fourth-order valence-corrected chi connectivity index (χ4v) is 3.02. The van der Waals surface area contributed by atoms with E-state index >= 15 is 0 Å². The van der Waals surface area contributed by atoms with E-state index in [0.29, 0.717) is 24.6 Å². The molecule has 19 heavy (non-hydrogen) atoms. The van der Waals surface area contributed by atoms with Crippen LogP contribution in [0.1, 0.15) is 41.2 Å². The number of amides is 1. The van der Waals surface area contributed by atoms with Crippen LogP contribution in [0, 0.1) is 12.8 Å². The third kappa shape index (κ3) is 3.76. The predicted octanol–water partition coefficient (Wildman–Crippen LogP) is 2.17. The van der Waals surface area contributed by atoms with Crippen molar-refractivity contribution in [3.8, 4) is 0 Å². The second kappa shape index (κ2) is 6.14. The maximum atomic E-state index is 12.3. The molecule has 2 heterocycles. The molecule has 0 radical (unpaired) electrons. The summed E-state index contributed by atoms with van der Waals surface area (Å²) >= 11 is 1.48. The van der Waals surface area contributed by atoms with Gasteiger partial charge in [0, 0.05) is 24.9 Å². The summed E-state index contributed by atoms with van der Waals surface area (Å²) in [5, 5.41) is 11.4. The maximum Gasteiger partial charge on any atom is 0.303 e. The fourth-order valence-electron chi connectivity index (χ4n) is 2.44. The second-order valence-electron chi connectivity index (χ2n) is 4.94. The summed E-state index contributed by atoms with van der Waals surface area (Å²) in [6, 6.07) is 0. The molecule has 1 amide bonds. The summed E-state index contributed by atoms with van der Waals surface area (Å²) in [7, 11) is 0. The first-order valence-corrected chi connectivity index (χ1v) is 7.37. The average molecular weight is 282 g/mol. The van der Waals surface area contributed by atoms with E-state index in [2.05, 4.69) is 4.98 Å². The number of carbonyl (C=O) groups is 2. The molecule has 0 unspecified atom stereocenters. The molecule has 0 spiro atoms. The first kappa shape index (κ1) is 14.0. The van der Waals surface area contributed by atoms with Gasteiger partial charge in [0.15, 0.2) is 0 Å². The van der Waals surface area contributed by atoms with Gasteiger partial charge in [-0.05, 0) is 32.1 Å². The molecular weight excluding hydrogens is 264 g/mol. The van der Waals surface area contributed by atoms with Crippen LogP contribution < -0.4 is 0 Å². The fraction of sp³-hybridized carbons (Fsp3) is 0.615. The van der Waals surface area contributed by atoms with Crippen molar-refractivity contribution in [3.63, 3.8) is 0 Å². The van der Waals surface area contributed by atoms with Gasteiger partial charge in [-0.1, -0.05) is 0 Å². The summed E-state index contributed by atoms with van der Waals surface area (Å²) in [4.78, 5) is 28.9. The molecule has 1 saturated heterocycles. The van der Waals surface area contributed by atoms with E-state index < -0.39 is 5.97 Å². The Kier molecular flexibility index (Phi) is 4.52. The van der Waals surface area contributed by atoms with E-state index in [9.17, 15) is 9.59 Å². The highest BCUT2D eigenvalue weighted by Gasteiger charge is 2.25. The van der Waals surface area contributed by atoms with Gasteiger partial charge in [-0.2, -0.15) is 0 Å². The van der Waals surface area contributed by atoms with Gasteiger partial charge >= 0.3 is 5.97 Å². The summed E-state index contributed by atoms with van der Waals surface area (Å²) in [6.45, 7) is 3.29. The van der Waals surface area contributed by atoms with Crippen molar-refractivity contribution in [2.75, 3.05) is 13.1 Å². The minimum Gasteiger partial charge on any atom is -0.481 e. The van der Waals surface area contributed by atoms with E-state index in [0.717, 1.165) is 24.4 Å². The van der Waals surface area contributed by atoms with Crippen molar-refractivity contribution in [1.29, 1.82) is 0 Å². The average Bonchev–Trinajstić information content (AvgIpc) is 2.82. The lowest BCUT2D eigenvalue weighted by Crippen LogP contribution is -2.40. The highest BCUT2D eigenvalue weighted by atomic mass is 32.1. The van der Waals surface area contributed by atoms with Gasteiger partial charge in [0.25, 0.3) is 5.91 Å². The molecule has 0 aliphatic carbocycles. The zero-order valence-electron chi connectivity index (χ0n) is 11.0. The van der Waals surface area contributed by atoms with E-state index in [1.807, 2.05) is 11.8 Å². The van der Waals surface area contributed by atoms with Gasteiger partial charge in [-0.3, -0.25) is 9.59 Å². The number of aromatic nitrogens is 1. The van der Waals surface area contributed by atoms with E-state index in [1.54, 1.807) is 5.38 Å². The molecule has 1 N–H and O–H groups in total. The Morgan fingerprint density at radius 1 is 1.58 bits per heavy atom. The lowest BCUT2D eigenvalue weighted by atomic mass is 9.93. The number of likely N-dealkylation sites (tertiary alicyclic amines) is 1. The first-order chi connectivity index (χ1) is 9.06. The number of carboxylic acids is 1. The first-order valence-electron chi connectivity index (χ1n) is 6.49. The highest BCUT2D eigenvalue weighted by Crippen LogP contribution is 2.22. The molecule has 1 aliphatic rings. The number of aliphatic carboxylic acids is 1. The number of aryl methyl sites for hydroxylation is 1. The number of carbonyl (C=O) groups excluding carboxylic acids is 1. The predicted molar refractivity (Wildman–Crippen MR) is 72.3 cm³/mol. The van der Waals surface area contributed by atoms with Crippen molar-refractivity contribution in [2.24, 2.45) is 5.92 Å². The van der Waals surface area contributed by atoms with E-state index in [-0.39, 0.29) is 12.3 Å². The number of thiazole rings is 1. The number of rotatable bonds is 4. The van der Waals surface area contributed by atoms with Gasteiger partial charge in [0.1, 0.15) is 5.69 Å². The third-order valence-corrected chi connectivity index (χ3v) is 4.18. The molecule has 6 heteroatoms. The van der Waals surface area contributed by atoms with Crippen molar-refractivity contribution in [2.45, 2.75) is 32.6 Å². The molecule has 0 bridgehead atoms. The van der Waals surface area contributed by atoms with Gasteiger partial charge in [-0.15, -0.1) is 11.3 Å². The molecule has 0 aromatic carbocycles. The standard InChI is InChI=1S/C13H18N2O3S/c1-9-14-11(8-19-9)13(18)15-6-2-3-10(7-15)4-5-12(16)17/h8,10H,2-7H2,1H3,(H,16,17)/t10-/m1/s1. The number of nitrogens with zero attached hydrogens (tertiary/aromatic N) is 2. The SMILES string of the molecule is Cc1nc(C(=O)N2CCC[C@H](CCC(=O)O)C2)cs1. The molecule has 1 aromatic heterocycles. The number of hydrogen-bond donors (Lipinski definition) is 1. The van der Waals surface area contributed by atoms with Crippen LogP contribution in [-0.4, -0.2) is 40.0 Å². The van der Waals surface area contributed by atoms with Crippen LogP contribution in [0.2, 0.25) is 0 Å². The Morgan fingerprint density at radius 3 is 3.00 bits per heavy atom. The zero-order valence-corrected chi connectivity index (χ0v) is 11.8. The number of hydrogen-bond acceptors (Lipinski definition) is 4. The van der Waals surface area contributed by atoms with Crippen LogP contribution >= 0.6 is 11.3 Å². The minimum atomic E-state index is -0.765. The van der Waals surface area contributed by atoms with Crippen LogP contribution in [0.25, 0.3) is 0 Å². The molecule has 1 atom stereocenters. The quantitative estimate of drug-likeness (QED) is 0.918. The van der Waals surface area contributed by atoms with Crippen molar-refractivity contribution >= 4 is 23.2 Å². The lowest BCUT2D eigenvalue weighted by Gasteiger charge is -2.32. The van der Waals surface area contributed by atoms with Gasteiger partial charge in [0.2, 0.25) is 0 Å². The minimum absolute atomic E-state index is 0.0237. The normalized spacial score (nSPS) is 19.4. The Morgan fingerprint density at radius 2 is 2.37 bits per heavy atom. The zero-order chi connectivity index (χ0) is 13.8. The lowest BCUT2D eigenvalue weighted by molar-refractivity contribution is -0.137. The van der Waals surface area contributed by atoms with Crippen LogP contribution in [0.4, 0.5) is 0 Å². The molecule has 1 aliphatic heterocycles. The summed E-state index contributed by atoms with van der Waals surface area (Å²) < 4.78 is 0. The Balaban J connectivity index is 1.93. The largest absolute Gasteiger partial charge is 0.481 e. The molecule has 2 rings (SSSR count). The maximum absolute atomic E-state index is 12.3. The molecule has 1 fully saturated rings. The van der Waals surface area contributed by atoms with Crippen LogP contribution in [-0.2, 0) is 4.79 Å². The van der Waals surface area contributed by atoms with Gasteiger partial charge < -0.3 is 10.0 Å². The molecule has 0 saturated carbocycles.